The smallest absolute Gasteiger partial charge is 0.287 e. The van der Waals surface area contributed by atoms with E-state index in [0.29, 0.717) is 10.7 Å². The maximum Gasteiger partial charge on any atom is 0.287 e. The first-order chi connectivity index (χ1) is 7.53. The number of hydrogen-bond acceptors (Lipinski definition) is 5. The maximum atomic E-state index is 11.7. The quantitative estimate of drug-likeness (QED) is 0.736. The highest BCUT2D eigenvalue weighted by Gasteiger charge is 2.25. The molecule has 6 nitrogen and oxygen atoms in total. The van der Waals surface area contributed by atoms with Gasteiger partial charge in [0, 0.05) is 5.02 Å². The van der Waals surface area contributed by atoms with Gasteiger partial charge in [0.25, 0.3) is 10.0 Å². The number of guanidine groups is 1. The summed E-state index contributed by atoms with van der Waals surface area (Å²) < 4.78 is 26.9. The molecular formula is C8H8ClN3O3S. The van der Waals surface area contributed by atoms with E-state index in [1.807, 2.05) is 0 Å². The molecule has 2 N–H and O–H groups in total. The molecule has 0 aromatic heterocycles. The molecule has 86 valence electrons. The molecule has 0 bridgehead atoms. The van der Waals surface area contributed by atoms with Gasteiger partial charge in [-0.2, -0.15) is 8.42 Å². The molecular weight excluding hydrogens is 254 g/mol. The van der Waals surface area contributed by atoms with Gasteiger partial charge in [0.1, 0.15) is 4.90 Å². The molecule has 8 heteroatoms. The fourth-order valence-corrected chi connectivity index (χ4v) is 2.60. The number of halogens is 1. The van der Waals surface area contributed by atoms with Crippen LogP contribution >= 0.6 is 11.6 Å². The van der Waals surface area contributed by atoms with Gasteiger partial charge in [-0.25, -0.2) is 5.48 Å². The minimum atomic E-state index is -3.74. The largest absolute Gasteiger partial charge is 0.322 e. The third kappa shape index (κ3) is 1.97. The number of nitrogens with zero attached hydrogens (tertiary/aromatic N) is 1. The fraction of sp³-hybridized carbons (Fsp3) is 0.125. The molecule has 0 radical (unpaired) electrons. The summed E-state index contributed by atoms with van der Waals surface area (Å²) in [5, 5.41) is 3.09. The summed E-state index contributed by atoms with van der Waals surface area (Å²) in [4.78, 5) is 4.62. The average molecular weight is 262 g/mol. The molecule has 16 heavy (non-hydrogen) atoms. The van der Waals surface area contributed by atoms with Crippen molar-refractivity contribution in [1.82, 2.24) is 5.48 Å². The lowest BCUT2D eigenvalue weighted by atomic mass is 10.3. The number of benzene rings is 1. The van der Waals surface area contributed by atoms with Crippen LogP contribution < -0.4 is 10.8 Å². The van der Waals surface area contributed by atoms with Crippen molar-refractivity contribution >= 4 is 33.3 Å². The Balaban J connectivity index is 2.53. The predicted molar refractivity (Wildman–Crippen MR) is 59.8 cm³/mol. The molecule has 0 amide bonds. The van der Waals surface area contributed by atoms with Gasteiger partial charge in [-0.15, -0.1) is 4.40 Å². The lowest BCUT2D eigenvalue weighted by Crippen LogP contribution is -2.33. The highest BCUT2D eigenvalue weighted by molar-refractivity contribution is 7.90. The molecule has 0 unspecified atom stereocenters. The topological polar surface area (TPSA) is 79.8 Å². The third-order valence-electron chi connectivity index (χ3n) is 1.88. The van der Waals surface area contributed by atoms with Crippen molar-refractivity contribution in [1.29, 1.82) is 0 Å². The number of rotatable bonds is 1. The van der Waals surface area contributed by atoms with E-state index in [1.54, 1.807) is 12.1 Å². The Hall–Kier alpha value is -1.31. The lowest BCUT2D eigenvalue weighted by Gasteiger charge is -2.17. The van der Waals surface area contributed by atoms with Gasteiger partial charge < -0.3 is 5.32 Å². The molecule has 1 aromatic rings. The number of anilines is 1. The predicted octanol–water partition coefficient (Wildman–Crippen LogP) is 0.961. The SMILES string of the molecule is CONC1=NS(=O)(=O)c2cc(Cl)ccc2N1. The van der Waals surface area contributed by atoms with Crippen molar-refractivity contribution in [2.75, 3.05) is 12.4 Å². The van der Waals surface area contributed by atoms with Crippen molar-refractivity contribution in [3.63, 3.8) is 0 Å². The van der Waals surface area contributed by atoms with Crippen LogP contribution in [0.2, 0.25) is 5.02 Å². The van der Waals surface area contributed by atoms with E-state index in [9.17, 15) is 8.42 Å². The molecule has 0 aliphatic carbocycles. The zero-order chi connectivity index (χ0) is 11.8. The van der Waals surface area contributed by atoms with Crippen molar-refractivity contribution < 1.29 is 13.3 Å². The Kier molecular flexibility index (Phi) is 2.75. The summed E-state index contributed by atoms with van der Waals surface area (Å²) in [6.45, 7) is 0. The van der Waals surface area contributed by atoms with Crippen LogP contribution in [0.5, 0.6) is 0 Å². The number of nitrogens with one attached hydrogen (secondary N) is 2. The number of hydrogen-bond donors (Lipinski definition) is 2. The highest BCUT2D eigenvalue weighted by Crippen LogP contribution is 2.29. The van der Waals surface area contributed by atoms with Crippen LogP contribution in [-0.2, 0) is 14.9 Å². The van der Waals surface area contributed by atoms with E-state index < -0.39 is 10.0 Å². The maximum absolute atomic E-state index is 11.7. The normalized spacial score (nSPS) is 17.0. The monoisotopic (exact) mass is 261 g/mol. The van der Waals surface area contributed by atoms with Crippen LogP contribution in [0.25, 0.3) is 0 Å². The Morgan fingerprint density at radius 1 is 1.50 bits per heavy atom. The van der Waals surface area contributed by atoms with E-state index in [2.05, 4.69) is 20.0 Å². The van der Waals surface area contributed by atoms with Gasteiger partial charge in [-0.3, -0.25) is 4.84 Å². The Morgan fingerprint density at radius 3 is 2.94 bits per heavy atom. The molecule has 1 aliphatic heterocycles. The van der Waals surface area contributed by atoms with Gasteiger partial charge in [0.15, 0.2) is 0 Å². The summed E-state index contributed by atoms with van der Waals surface area (Å²) in [5.41, 5.74) is 2.72. The minimum absolute atomic E-state index is 0.0114. The summed E-state index contributed by atoms with van der Waals surface area (Å²) in [6, 6.07) is 4.48. The second-order valence-electron chi connectivity index (χ2n) is 2.99. The van der Waals surface area contributed by atoms with Crippen LogP contribution in [0.15, 0.2) is 27.5 Å². The molecule has 0 saturated heterocycles. The van der Waals surface area contributed by atoms with Gasteiger partial charge in [0.2, 0.25) is 5.96 Å². The van der Waals surface area contributed by atoms with Gasteiger partial charge in [-0.1, -0.05) is 11.6 Å². The zero-order valence-corrected chi connectivity index (χ0v) is 9.76. The summed E-state index contributed by atoms with van der Waals surface area (Å²) in [6.07, 6.45) is 0. The van der Waals surface area contributed by atoms with E-state index in [4.69, 9.17) is 11.6 Å². The molecule has 1 aromatic carbocycles. The first-order valence-corrected chi connectivity index (χ1v) is 6.05. The number of hydroxylamine groups is 1. The van der Waals surface area contributed by atoms with Crippen molar-refractivity contribution in [2.45, 2.75) is 4.90 Å². The highest BCUT2D eigenvalue weighted by atomic mass is 35.5. The van der Waals surface area contributed by atoms with Crippen LogP contribution in [0.3, 0.4) is 0 Å². The van der Waals surface area contributed by atoms with E-state index in [1.165, 1.54) is 13.2 Å². The first kappa shape index (κ1) is 11.2. The molecule has 1 heterocycles. The fourth-order valence-electron chi connectivity index (χ4n) is 1.27. The lowest BCUT2D eigenvalue weighted by molar-refractivity contribution is 0.144. The Morgan fingerprint density at radius 2 is 2.25 bits per heavy atom. The van der Waals surface area contributed by atoms with Gasteiger partial charge >= 0.3 is 0 Å². The van der Waals surface area contributed by atoms with Gasteiger partial charge in [0.05, 0.1) is 12.8 Å². The second kappa shape index (κ2) is 3.93. The van der Waals surface area contributed by atoms with Crippen molar-refractivity contribution in [3.8, 4) is 0 Å². The molecule has 1 aliphatic rings. The van der Waals surface area contributed by atoms with E-state index in [0.717, 1.165) is 0 Å². The van der Waals surface area contributed by atoms with Crippen molar-refractivity contribution in [2.24, 2.45) is 4.40 Å². The molecule has 0 fully saturated rings. The molecule has 2 rings (SSSR count). The summed E-state index contributed by atoms with van der Waals surface area (Å²) in [7, 11) is -2.38. The van der Waals surface area contributed by atoms with E-state index >= 15 is 0 Å². The Bertz CT molecular complexity index is 556. The molecule has 0 atom stereocenters. The third-order valence-corrected chi connectivity index (χ3v) is 3.44. The first-order valence-electron chi connectivity index (χ1n) is 4.23. The molecule has 0 spiro atoms. The second-order valence-corrected chi connectivity index (χ2v) is 5.00. The van der Waals surface area contributed by atoms with Crippen LogP contribution in [-0.4, -0.2) is 21.5 Å². The van der Waals surface area contributed by atoms with Crippen molar-refractivity contribution in [3.05, 3.63) is 23.2 Å². The van der Waals surface area contributed by atoms with Gasteiger partial charge in [-0.05, 0) is 18.2 Å². The average Bonchev–Trinajstić information content (AvgIpc) is 2.19. The van der Waals surface area contributed by atoms with E-state index in [-0.39, 0.29) is 10.9 Å². The summed E-state index contributed by atoms with van der Waals surface area (Å²) >= 11 is 5.72. The van der Waals surface area contributed by atoms with Crippen LogP contribution in [0.4, 0.5) is 5.69 Å². The zero-order valence-electron chi connectivity index (χ0n) is 8.19. The minimum Gasteiger partial charge on any atom is -0.322 e. The Labute approximate surface area is 97.3 Å². The summed E-state index contributed by atoms with van der Waals surface area (Å²) in [5.74, 6) is 0.0114. The van der Waals surface area contributed by atoms with Crippen LogP contribution in [0, 0.1) is 0 Å². The van der Waals surface area contributed by atoms with Crippen LogP contribution in [0.1, 0.15) is 0 Å². The number of fused-ring (bicyclic) bond motifs is 1. The standard InChI is InChI=1S/C8H8ClN3O3S/c1-15-11-8-10-6-3-2-5(9)4-7(6)16(13,14)12-8/h2-4H,1H3,(H2,10,11,12). The number of sulfonamides is 1. The molecule has 0 saturated carbocycles.